The van der Waals surface area contributed by atoms with Crippen LogP contribution in [-0.4, -0.2) is 64.9 Å². The molecule has 2 aliphatic rings. The molecule has 2 aromatic rings. The summed E-state index contributed by atoms with van der Waals surface area (Å²) in [4.78, 5) is 32.6. The summed E-state index contributed by atoms with van der Waals surface area (Å²) in [6, 6.07) is 0.121. The fourth-order valence-electron chi connectivity index (χ4n) is 3.53. The third-order valence-corrected chi connectivity index (χ3v) is 6.81. The number of rotatable bonds is 5. The van der Waals surface area contributed by atoms with Gasteiger partial charge in [0.1, 0.15) is 5.69 Å². The van der Waals surface area contributed by atoms with E-state index in [-0.39, 0.29) is 42.3 Å². The van der Waals surface area contributed by atoms with Crippen LogP contribution in [0.3, 0.4) is 0 Å². The molecule has 11 heteroatoms. The first-order valence-electron chi connectivity index (χ1n) is 8.10. The van der Waals surface area contributed by atoms with Crippen LogP contribution in [0.25, 0.3) is 0 Å². The molecule has 0 aromatic carbocycles. The molecule has 4 rings (SSSR count). The van der Waals surface area contributed by atoms with Crippen molar-refractivity contribution in [3.8, 4) is 0 Å². The van der Waals surface area contributed by atoms with E-state index in [1.807, 2.05) is 0 Å². The quantitative estimate of drug-likeness (QED) is 0.639. The first kappa shape index (κ1) is 20.6. The number of carbonyl (C=O) groups is 2. The summed E-state index contributed by atoms with van der Waals surface area (Å²) < 4.78 is 0. The second-order valence-electron chi connectivity index (χ2n) is 6.68. The van der Waals surface area contributed by atoms with Crippen LogP contribution in [0, 0.1) is 18.8 Å². The number of hydrogen-bond acceptors (Lipinski definition) is 5. The minimum atomic E-state index is -0.882. The van der Waals surface area contributed by atoms with Crippen LogP contribution < -0.4 is 10.2 Å². The number of piperidine rings is 1. The number of carboxylic acid groups (broad SMARTS) is 1. The number of amides is 1. The summed E-state index contributed by atoms with van der Waals surface area (Å²) in [5, 5.41) is 15.1. The van der Waals surface area contributed by atoms with Gasteiger partial charge in [-0.2, -0.15) is 0 Å². The number of H-pyrrole nitrogens is 1. The second kappa shape index (κ2) is 7.68. The van der Waals surface area contributed by atoms with E-state index < -0.39 is 5.97 Å². The number of aromatic nitrogens is 2. The molecular weight excluding hydrogens is 406 g/mol. The predicted molar refractivity (Wildman–Crippen MR) is 107 cm³/mol. The summed E-state index contributed by atoms with van der Waals surface area (Å²) in [5.74, 6) is -0.381. The summed E-state index contributed by atoms with van der Waals surface area (Å²) in [5.41, 5.74) is 1.55. The maximum atomic E-state index is 12.4. The Kier molecular flexibility index (Phi) is 5.85. The number of aryl methyl sites for hydroxylation is 1. The molecular formula is C16H17Cl2LiN4O3S. The third-order valence-electron chi connectivity index (χ3n) is 4.92. The van der Waals surface area contributed by atoms with Crippen molar-refractivity contribution in [3.05, 3.63) is 32.5 Å². The number of aliphatic carboxylic acids is 1. The van der Waals surface area contributed by atoms with Gasteiger partial charge in [0, 0.05) is 42.0 Å². The molecule has 1 aliphatic heterocycles. The Labute approximate surface area is 181 Å². The first-order chi connectivity index (χ1) is 12.3. The number of carboxylic acids is 1. The number of anilines is 1. The molecule has 3 heterocycles. The molecule has 0 bridgehead atoms. The number of carbonyl (C=O) groups excluding carboxylic acids is 1. The van der Waals surface area contributed by atoms with Crippen LogP contribution in [-0.2, 0) is 11.2 Å². The molecule has 2 aromatic heterocycles. The Bertz CT molecular complexity index is 890. The van der Waals surface area contributed by atoms with Crippen molar-refractivity contribution in [2.75, 3.05) is 18.0 Å². The minimum absolute atomic E-state index is 0. The van der Waals surface area contributed by atoms with Gasteiger partial charge in [-0.15, -0.1) is 11.3 Å². The van der Waals surface area contributed by atoms with Gasteiger partial charge in [-0.1, -0.05) is 23.2 Å². The Morgan fingerprint density at radius 2 is 2.04 bits per heavy atom. The number of nitrogens with one attached hydrogen (secondary N) is 2. The van der Waals surface area contributed by atoms with E-state index >= 15 is 0 Å². The van der Waals surface area contributed by atoms with E-state index in [2.05, 4.69) is 20.2 Å². The number of halogens is 2. The fourth-order valence-corrected chi connectivity index (χ4v) is 4.79. The van der Waals surface area contributed by atoms with Crippen LogP contribution in [0.4, 0.5) is 5.13 Å². The summed E-state index contributed by atoms with van der Waals surface area (Å²) in [7, 11) is 0. The number of thiazole rings is 1. The van der Waals surface area contributed by atoms with Gasteiger partial charge < -0.3 is 20.3 Å². The molecule has 0 radical (unpaired) electrons. The first-order valence-corrected chi connectivity index (χ1v) is 9.74. The van der Waals surface area contributed by atoms with E-state index in [1.54, 1.807) is 12.3 Å². The van der Waals surface area contributed by atoms with Gasteiger partial charge >= 0.3 is 24.8 Å². The van der Waals surface area contributed by atoms with E-state index in [4.69, 9.17) is 28.3 Å². The van der Waals surface area contributed by atoms with Crippen molar-refractivity contribution in [2.24, 2.45) is 11.8 Å². The molecule has 3 atom stereocenters. The van der Waals surface area contributed by atoms with Crippen LogP contribution in [0.1, 0.15) is 21.9 Å². The molecule has 2 fully saturated rings. The van der Waals surface area contributed by atoms with Gasteiger partial charge in [0.05, 0.1) is 22.2 Å². The number of fused-ring (bicyclic) bond motifs is 1. The number of aromatic amines is 1. The van der Waals surface area contributed by atoms with Crippen molar-refractivity contribution >= 4 is 70.4 Å². The topological polar surface area (TPSA) is 98.3 Å². The van der Waals surface area contributed by atoms with Crippen molar-refractivity contribution in [2.45, 2.75) is 19.4 Å². The van der Waals surface area contributed by atoms with Gasteiger partial charge in [-0.3, -0.25) is 9.59 Å². The molecule has 7 nitrogen and oxygen atoms in total. The Hall–Kier alpha value is -1.17. The predicted octanol–water partition coefficient (Wildman–Crippen LogP) is 1.93. The molecule has 0 spiro atoms. The molecule has 1 saturated heterocycles. The second-order valence-corrected chi connectivity index (χ2v) is 8.27. The van der Waals surface area contributed by atoms with Crippen molar-refractivity contribution < 1.29 is 14.7 Å². The van der Waals surface area contributed by atoms with Gasteiger partial charge in [0.15, 0.2) is 5.13 Å². The number of hydrogen-bond donors (Lipinski definition) is 3. The summed E-state index contributed by atoms with van der Waals surface area (Å²) in [6.45, 7) is 3.36. The standard InChI is InChI=1S/C16H16Cl2N4O3S.Li.H/c1-6-11(17)12(18)14(19-6)15(25)21-13-8-3-22(4-9(8)13)16-20-7(5-26-16)2-10(23)24;;/h5,8-9,13,19H,2-4H2,1H3,(H,21,25)(H,23,24);;/t8-,9+,13+;;. The fraction of sp³-hybridized carbons (Fsp3) is 0.438. The Morgan fingerprint density at radius 1 is 1.37 bits per heavy atom. The maximum absolute atomic E-state index is 12.4. The van der Waals surface area contributed by atoms with E-state index in [0.29, 0.717) is 33.9 Å². The molecule has 1 amide bonds. The van der Waals surface area contributed by atoms with E-state index in [9.17, 15) is 9.59 Å². The van der Waals surface area contributed by atoms with Crippen molar-refractivity contribution in [1.82, 2.24) is 15.3 Å². The van der Waals surface area contributed by atoms with Gasteiger partial charge in [-0.25, -0.2) is 4.98 Å². The zero-order valence-electron chi connectivity index (χ0n) is 13.8. The average molecular weight is 423 g/mol. The van der Waals surface area contributed by atoms with Crippen molar-refractivity contribution in [3.63, 3.8) is 0 Å². The zero-order valence-corrected chi connectivity index (χ0v) is 16.1. The SMILES string of the molecule is Cc1[nH]c(C(=O)N[C@H]2[C@@H]3CN(c4nc(CC(=O)O)cs4)C[C@@H]32)c(Cl)c1Cl.[LiH]. The molecule has 3 N–H and O–H groups in total. The van der Waals surface area contributed by atoms with Gasteiger partial charge in [0.2, 0.25) is 0 Å². The molecule has 140 valence electrons. The van der Waals surface area contributed by atoms with Crippen LogP contribution in [0.5, 0.6) is 0 Å². The summed E-state index contributed by atoms with van der Waals surface area (Å²) >= 11 is 13.6. The molecule has 27 heavy (non-hydrogen) atoms. The van der Waals surface area contributed by atoms with Crippen LogP contribution in [0.15, 0.2) is 5.38 Å². The Balaban J connectivity index is 0.00000210. The average Bonchev–Trinajstić information content (AvgIpc) is 2.99. The number of nitrogens with zero attached hydrogens (tertiary/aromatic N) is 2. The monoisotopic (exact) mass is 422 g/mol. The summed E-state index contributed by atoms with van der Waals surface area (Å²) in [6.07, 6.45) is -0.0608. The van der Waals surface area contributed by atoms with Crippen molar-refractivity contribution in [1.29, 1.82) is 0 Å². The molecule has 0 unspecified atom stereocenters. The van der Waals surface area contributed by atoms with Crippen LogP contribution >= 0.6 is 34.5 Å². The van der Waals surface area contributed by atoms with Gasteiger partial charge in [-0.05, 0) is 6.92 Å². The zero-order chi connectivity index (χ0) is 18.6. The normalized spacial score (nSPS) is 22.9. The molecule has 1 aliphatic carbocycles. The Morgan fingerprint density at radius 3 is 2.59 bits per heavy atom. The van der Waals surface area contributed by atoms with E-state index in [1.165, 1.54) is 11.3 Å². The van der Waals surface area contributed by atoms with Crippen LogP contribution in [0.2, 0.25) is 10.0 Å². The third kappa shape index (κ3) is 3.87. The van der Waals surface area contributed by atoms with E-state index in [0.717, 1.165) is 18.2 Å². The van der Waals surface area contributed by atoms with Gasteiger partial charge in [0.25, 0.3) is 5.91 Å². The molecule has 1 saturated carbocycles.